The number of pyridine rings is 1. The lowest BCUT2D eigenvalue weighted by atomic mass is 10.2. The van der Waals surface area contributed by atoms with Crippen molar-refractivity contribution < 1.29 is 4.74 Å². The maximum absolute atomic E-state index is 11.6. The number of rotatable bonds is 2. The van der Waals surface area contributed by atoms with Crippen LogP contribution < -0.4 is 10.2 Å². The minimum atomic E-state index is -0.0917. The normalized spacial score (nSPS) is 10.6. The second kappa shape index (κ2) is 4.53. The highest BCUT2D eigenvalue weighted by Crippen LogP contribution is 2.21. The molecule has 2 heterocycles. The van der Waals surface area contributed by atoms with Crippen LogP contribution in [0.3, 0.4) is 0 Å². The van der Waals surface area contributed by atoms with Gasteiger partial charge in [-0.25, -0.2) is 9.97 Å². The Labute approximate surface area is 108 Å². The Bertz CT molecular complexity index is 796. The Balaban J connectivity index is 2.17. The van der Waals surface area contributed by atoms with Gasteiger partial charge in [0.1, 0.15) is 11.4 Å². The van der Waals surface area contributed by atoms with E-state index in [9.17, 15) is 4.79 Å². The van der Waals surface area contributed by atoms with E-state index in [4.69, 9.17) is 4.74 Å². The fourth-order valence-electron chi connectivity index (χ4n) is 1.86. The van der Waals surface area contributed by atoms with Gasteiger partial charge in [-0.1, -0.05) is 12.1 Å². The molecule has 3 aromatic rings. The summed E-state index contributed by atoms with van der Waals surface area (Å²) in [6.07, 6.45) is 3.11. The summed E-state index contributed by atoms with van der Waals surface area (Å²) in [6.45, 7) is 0. The monoisotopic (exact) mass is 253 g/mol. The van der Waals surface area contributed by atoms with Crippen molar-refractivity contribution in [3.05, 3.63) is 52.9 Å². The number of fused-ring (bicyclic) bond motifs is 1. The van der Waals surface area contributed by atoms with Gasteiger partial charge >= 0.3 is 0 Å². The highest BCUT2D eigenvalue weighted by molar-refractivity contribution is 5.75. The van der Waals surface area contributed by atoms with Gasteiger partial charge in [-0.3, -0.25) is 4.79 Å². The molecule has 0 atom stereocenters. The fourth-order valence-corrected chi connectivity index (χ4v) is 1.86. The fraction of sp³-hybridized carbons (Fsp3) is 0.0714. The molecule has 0 saturated carbocycles. The van der Waals surface area contributed by atoms with Crippen LogP contribution in [-0.2, 0) is 0 Å². The second-order valence-electron chi connectivity index (χ2n) is 4.03. The Hall–Kier alpha value is -2.69. The Morgan fingerprint density at radius 3 is 3.00 bits per heavy atom. The third kappa shape index (κ3) is 2.06. The number of nitrogens with one attached hydrogen (secondary N) is 1. The van der Waals surface area contributed by atoms with Crippen LogP contribution in [-0.4, -0.2) is 22.1 Å². The van der Waals surface area contributed by atoms with Crippen LogP contribution in [0.25, 0.3) is 22.4 Å². The third-order valence-electron chi connectivity index (χ3n) is 2.84. The predicted octanol–water partition coefficient (Wildman–Crippen LogP) is 1.99. The first-order valence-electron chi connectivity index (χ1n) is 5.77. The summed E-state index contributed by atoms with van der Waals surface area (Å²) in [7, 11) is 1.61. The van der Waals surface area contributed by atoms with E-state index in [2.05, 4.69) is 15.0 Å². The molecule has 94 valence electrons. The summed E-state index contributed by atoms with van der Waals surface area (Å²) in [5.41, 5.74) is 1.28. The van der Waals surface area contributed by atoms with E-state index in [1.165, 1.54) is 12.3 Å². The molecule has 19 heavy (non-hydrogen) atoms. The highest BCUT2D eigenvalue weighted by atomic mass is 16.5. The molecule has 0 aliphatic carbocycles. The number of ether oxygens (including phenoxy) is 1. The number of hydrogen-bond acceptors (Lipinski definition) is 4. The number of aromatic nitrogens is 3. The molecule has 1 N–H and O–H groups in total. The molecule has 2 aromatic heterocycles. The molecule has 1 aromatic carbocycles. The van der Waals surface area contributed by atoms with Crippen molar-refractivity contribution in [3.8, 4) is 17.1 Å². The topological polar surface area (TPSA) is 67.9 Å². The van der Waals surface area contributed by atoms with E-state index in [1.807, 2.05) is 24.3 Å². The molecule has 3 rings (SSSR count). The van der Waals surface area contributed by atoms with E-state index in [0.717, 1.165) is 11.3 Å². The molecule has 0 unspecified atom stereocenters. The smallest absolute Gasteiger partial charge is 0.192 e. The summed E-state index contributed by atoms with van der Waals surface area (Å²) in [4.78, 5) is 23.1. The molecule has 0 bridgehead atoms. The molecular weight excluding hydrogens is 242 g/mol. The third-order valence-corrected chi connectivity index (χ3v) is 2.84. The average Bonchev–Trinajstić information content (AvgIpc) is 2.47. The first-order chi connectivity index (χ1) is 9.28. The summed E-state index contributed by atoms with van der Waals surface area (Å²) >= 11 is 0. The van der Waals surface area contributed by atoms with Gasteiger partial charge in [0.25, 0.3) is 0 Å². The summed E-state index contributed by atoms with van der Waals surface area (Å²) in [5.74, 6) is 1.29. The lowest BCUT2D eigenvalue weighted by Gasteiger charge is -2.04. The van der Waals surface area contributed by atoms with Crippen LogP contribution >= 0.6 is 0 Å². The van der Waals surface area contributed by atoms with Crippen LogP contribution in [0.5, 0.6) is 5.75 Å². The van der Waals surface area contributed by atoms with Gasteiger partial charge in [-0.2, -0.15) is 0 Å². The van der Waals surface area contributed by atoms with Gasteiger partial charge in [0.15, 0.2) is 11.3 Å². The van der Waals surface area contributed by atoms with Crippen molar-refractivity contribution in [1.82, 2.24) is 15.0 Å². The Kier molecular flexibility index (Phi) is 2.72. The van der Waals surface area contributed by atoms with Crippen LogP contribution in [0.1, 0.15) is 0 Å². The van der Waals surface area contributed by atoms with E-state index >= 15 is 0 Å². The molecule has 0 aliphatic rings. The van der Waals surface area contributed by atoms with Crippen LogP contribution in [0, 0.1) is 0 Å². The predicted molar refractivity (Wildman–Crippen MR) is 72.1 cm³/mol. The van der Waals surface area contributed by atoms with Crippen molar-refractivity contribution in [2.45, 2.75) is 0 Å². The number of aromatic amines is 1. The first kappa shape index (κ1) is 11.4. The molecule has 0 fully saturated rings. The Morgan fingerprint density at radius 2 is 2.16 bits per heavy atom. The summed E-state index contributed by atoms with van der Waals surface area (Å²) < 4.78 is 5.17. The SMILES string of the molecule is COc1cccc(-c2ncc3c(=O)cc[nH]c3n2)c1. The Morgan fingerprint density at radius 1 is 1.26 bits per heavy atom. The standard InChI is InChI=1S/C14H11N3O2/c1-19-10-4-2-3-9(7-10)13-16-8-11-12(18)5-6-15-14(11)17-13/h2-8H,1H3,(H,15,16,17,18). The molecular formula is C14H11N3O2. The van der Waals surface area contributed by atoms with E-state index in [0.29, 0.717) is 16.9 Å². The summed E-state index contributed by atoms with van der Waals surface area (Å²) in [5, 5.41) is 0.481. The van der Waals surface area contributed by atoms with Crippen molar-refractivity contribution >= 4 is 11.0 Å². The van der Waals surface area contributed by atoms with Crippen molar-refractivity contribution in [2.75, 3.05) is 7.11 Å². The maximum atomic E-state index is 11.6. The van der Waals surface area contributed by atoms with Crippen LogP contribution in [0.2, 0.25) is 0 Å². The minimum absolute atomic E-state index is 0.0917. The molecule has 0 aliphatic heterocycles. The average molecular weight is 253 g/mol. The lowest BCUT2D eigenvalue weighted by molar-refractivity contribution is 0.415. The molecule has 5 nitrogen and oxygen atoms in total. The van der Waals surface area contributed by atoms with Crippen molar-refractivity contribution in [2.24, 2.45) is 0 Å². The first-order valence-corrected chi connectivity index (χ1v) is 5.77. The zero-order valence-electron chi connectivity index (χ0n) is 10.3. The van der Waals surface area contributed by atoms with E-state index in [-0.39, 0.29) is 5.43 Å². The van der Waals surface area contributed by atoms with Gasteiger partial charge in [-0.05, 0) is 12.1 Å². The molecule has 0 saturated heterocycles. The van der Waals surface area contributed by atoms with Gasteiger partial charge < -0.3 is 9.72 Å². The van der Waals surface area contributed by atoms with Gasteiger partial charge in [0.2, 0.25) is 0 Å². The number of methoxy groups -OCH3 is 1. The van der Waals surface area contributed by atoms with Crippen LogP contribution in [0.4, 0.5) is 0 Å². The lowest BCUT2D eigenvalue weighted by Crippen LogP contribution is -2.03. The van der Waals surface area contributed by atoms with Gasteiger partial charge in [0, 0.05) is 24.0 Å². The minimum Gasteiger partial charge on any atom is -0.497 e. The number of hydrogen-bond donors (Lipinski definition) is 1. The molecule has 0 radical (unpaired) electrons. The van der Waals surface area contributed by atoms with Crippen molar-refractivity contribution in [1.29, 1.82) is 0 Å². The molecule has 0 amide bonds. The molecule has 5 heteroatoms. The van der Waals surface area contributed by atoms with Gasteiger partial charge in [-0.15, -0.1) is 0 Å². The number of H-pyrrole nitrogens is 1. The highest BCUT2D eigenvalue weighted by Gasteiger charge is 2.06. The van der Waals surface area contributed by atoms with Crippen molar-refractivity contribution in [3.63, 3.8) is 0 Å². The van der Waals surface area contributed by atoms with E-state index < -0.39 is 0 Å². The quantitative estimate of drug-likeness (QED) is 0.758. The maximum Gasteiger partial charge on any atom is 0.192 e. The molecule has 0 spiro atoms. The van der Waals surface area contributed by atoms with E-state index in [1.54, 1.807) is 13.3 Å². The summed E-state index contributed by atoms with van der Waals surface area (Å²) in [6, 6.07) is 8.92. The zero-order valence-corrected chi connectivity index (χ0v) is 10.3. The second-order valence-corrected chi connectivity index (χ2v) is 4.03. The van der Waals surface area contributed by atoms with Gasteiger partial charge in [0.05, 0.1) is 12.5 Å². The zero-order chi connectivity index (χ0) is 13.2. The van der Waals surface area contributed by atoms with Crippen LogP contribution in [0.15, 0.2) is 47.5 Å². The largest absolute Gasteiger partial charge is 0.497 e. The number of benzene rings is 1. The number of nitrogens with zero attached hydrogens (tertiary/aromatic N) is 2.